The number of nitrogens with two attached hydrogens (primary N) is 1. The van der Waals surface area contributed by atoms with E-state index in [1.54, 1.807) is 0 Å². The number of aromatic amines is 1. The van der Waals surface area contributed by atoms with Crippen LogP contribution >= 0.6 is 11.8 Å². The molecule has 4 N–H and O–H groups in total. The molecule has 0 aromatic carbocycles. The number of alkyl halides is 3. The zero-order valence-electron chi connectivity index (χ0n) is 10.2. The van der Waals surface area contributed by atoms with Gasteiger partial charge in [-0.1, -0.05) is 0 Å². The van der Waals surface area contributed by atoms with Crippen molar-refractivity contribution in [2.45, 2.75) is 16.4 Å². The summed E-state index contributed by atoms with van der Waals surface area (Å²) in [5, 5.41) is 7.25. The third kappa shape index (κ3) is 3.60. The first-order valence-electron chi connectivity index (χ1n) is 5.43. The summed E-state index contributed by atoms with van der Waals surface area (Å²) in [4.78, 5) is 20.7. The molecule has 0 unspecified atom stereocenters. The predicted octanol–water partition coefficient (Wildman–Crippen LogP) is 1.62. The first kappa shape index (κ1) is 15.0. The van der Waals surface area contributed by atoms with Crippen LogP contribution in [0.4, 0.5) is 13.2 Å². The van der Waals surface area contributed by atoms with Crippen LogP contribution in [0.5, 0.6) is 0 Å². The highest BCUT2D eigenvalue weighted by Crippen LogP contribution is 2.32. The SMILES string of the molecule is N=C(N)c1ccc(C(F)(F)F)nc1Sc1nccc(=O)[nH]1. The van der Waals surface area contributed by atoms with Gasteiger partial charge in [0.25, 0.3) is 5.56 Å². The molecule has 0 radical (unpaired) electrons. The summed E-state index contributed by atoms with van der Waals surface area (Å²) < 4.78 is 38.0. The number of pyridine rings is 1. The van der Waals surface area contributed by atoms with E-state index in [2.05, 4.69) is 15.0 Å². The number of nitrogen functional groups attached to an aromatic ring is 1. The molecule has 2 aromatic rings. The number of hydrogen-bond acceptors (Lipinski definition) is 5. The molecule has 0 bridgehead atoms. The number of H-pyrrole nitrogens is 1. The van der Waals surface area contributed by atoms with Crippen LogP contribution in [0.25, 0.3) is 0 Å². The Labute approximate surface area is 120 Å². The zero-order valence-corrected chi connectivity index (χ0v) is 11.0. The van der Waals surface area contributed by atoms with E-state index in [4.69, 9.17) is 11.1 Å². The first-order valence-corrected chi connectivity index (χ1v) is 6.25. The summed E-state index contributed by atoms with van der Waals surface area (Å²) in [5.74, 6) is -0.433. The normalized spacial score (nSPS) is 11.4. The van der Waals surface area contributed by atoms with E-state index in [0.717, 1.165) is 18.2 Å². The summed E-state index contributed by atoms with van der Waals surface area (Å²) in [6.45, 7) is 0. The monoisotopic (exact) mass is 315 g/mol. The van der Waals surface area contributed by atoms with Gasteiger partial charge in [-0.2, -0.15) is 13.2 Å². The molecule has 21 heavy (non-hydrogen) atoms. The van der Waals surface area contributed by atoms with Crippen LogP contribution in [0.3, 0.4) is 0 Å². The molecule has 2 rings (SSSR count). The van der Waals surface area contributed by atoms with Crippen LogP contribution in [0.2, 0.25) is 0 Å². The van der Waals surface area contributed by atoms with Gasteiger partial charge in [0, 0.05) is 17.8 Å². The molecule has 6 nitrogen and oxygen atoms in total. The average molecular weight is 315 g/mol. The maximum Gasteiger partial charge on any atom is 0.433 e. The van der Waals surface area contributed by atoms with Gasteiger partial charge in [0.2, 0.25) is 0 Å². The lowest BCUT2D eigenvalue weighted by atomic mass is 10.2. The number of hydrogen-bond donors (Lipinski definition) is 3. The van der Waals surface area contributed by atoms with Crippen LogP contribution < -0.4 is 11.3 Å². The largest absolute Gasteiger partial charge is 0.433 e. The van der Waals surface area contributed by atoms with Crippen molar-refractivity contribution < 1.29 is 13.2 Å². The second kappa shape index (κ2) is 5.56. The van der Waals surface area contributed by atoms with Crippen molar-refractivity contribution in [3.05, 3.63) is 46.0 Å². The van der Waals surface area contributed by atoms with Crippen molar-refractivity contribution in [3.63, 3.8) is 0 Å². The lowest BCUT2D eigenvalue weighted by molar-refractivity contribution is -0.141. The molecule has 0 amide bonds. The Hall–Kier alpha value is -2.36. The number of amidine groups is 1. The minimum atomic E-state index is -4.62. The van der Waals surface area contributed by atoms with Crippen molar-refractivity contribution in [2.75, 3.05) is 0 Å². The zero-order chi connectivity index (χ0) is 15.6. The van der Waals surface area contributed by atoms with Crippen LogP contribution in [-0.2, 0) is 6.18 Å². The molecular formula is C11H8F3N5OS. The molecule has 110 valence electrons. The summed E-state index contributed by atoms with van der Waals surface area (Å²) in [6, 6.07) is 2.96. The van der Waals surface area contributed by atoms with Gasteiger partial charge in [0.15, 0.2) is 5.16 Å². The van der Waals surface area contributed by atoms with Gasteiger partial charge < -0.3 is 10.7 Å². The van der Waals surface area contributed by atoms with Gasteiger partial charge in [0.1, 0.15) is 16.6 Å². The lowest BCUT2D eigenvalue weighted by Crippen LogP contribution is -2.16. The van der Waals surface area contributed by atoms with Crippen LogP contribution in [0.1, 0.15) is 11.3 Å². The molecule has 0 aliphatic carbocycles. The van der Waals surface area contributed by atoms with Gasteiger partial charge in [-0.25, -0.2) is 9.97 Å². The van der Waals surface area contributed by atoms with Crippen LogP contribution in [0.15, 0.2) is 39.4 Å². The Morgan fingerprint density at radius 3 is 2.62 bits per heavy atom. The standard InChI is InChI=1S/C11H8F3N5OS/c12-11(13,14)6-2-1-5(8(15)16)9(18-6)21-10-17-4-3-7(20)19-10/h1-4H,(H3,15,16)(H,17,19,20). The van der Waals surface area contributed by atoms with Gasteiger partial charge in [-0.3, -0.25) is 10.2 Å². The molecule has 2 heterocycles. The summed E-state index contributed by atoms with van der Waals surface area (Å²) in [7, 11) is 0. The Kier molecular flexibility index (Phi) is 3.98. The maximum atomic E-state index is 12.7. The molecule has 10 heteroatoms. The van der Waals surface area contributed by atoms with Crippen molar-refractivity contribution in [1.29, 1.82) is 5.41 Å². The molecule has 2 aromatic heterocycles. The Morgan fingerprint density at radius 2 is 2.05 bits per heavy atom. The maximum absolute atomic E-state index is 12.7. The number of rotatable bonds is 3. The third-order valence-corrected chi connectivity index (χ3v) is 3.19. The van der Waals surface area contributed by atoms with E-state index in [0.29, 0.717) is 11.8 Å². The Balaban J connectivity index is 2.49. The molecule has 0 aliphatic rings. The topological polar surface area (TPSA) is 109 Å². The first-order chi connectivity index (χ1) is 9.77. The molecule has 0 saturated carbocycles. The fourth-order valence-corrected chi connectivity index (χ4v) is 2.26. The molecule has 0 saturated heterocycles. The molecule has 0 fully saturated rings. The van der Waals surface area contributed by atoms with Gasteiger partial charge >= 0.3 is 6.18 Å². The predicted molar refractivity (Wildman–Crippen MR) is 69.2 cm³/mol. The average Bonchev–Trinajstić information content (AvgIpc) is 2.37. The van der Waals surface area contributed by atoms with E-state index in [1.165, 1.54) is 6.20 Å². The van der Waals surface area contributed by atoms with E-state index in [-0.39, 0.29) is 15.7 Å². The minimum Gasteiger partial charge on any atom is -0.384 e. The summed E-state index contributed by atoms with van der Waals surface area (Å²) in [6.07, 6.45) is -3.41. The highest BCUT2D eigenvalue weighted by atomic mass is 32.2. The number of halogens is 3. The van der Waals surface area contributed by atoms with Crippen molar-refractivity contribution in [2.24, 2.45) is 5.73 Å². The molecule has 0 aliphatic heterocycles. The van der Waals surface area contributed by atoms with Gasteiger partial charge in [-0.05, 0) is 23.9 Å². The van der Waals surface area contributed by atoms with Crippen LogP contribution in [0, 0.1) is 5.41 Å². The fraction of sp³-hybridized carbons (Fsp3) is 0.0909. The quantitative estimate of drug-likeness (QED) is 0.453. The second-order valence-corrected chi connectivity index (χ2v) is 4.78. The highest BCUT2D eigenvalue weighted by Gasteiger charge is 2.33. The van der Waals surface area contributed by atoms with E-state index >= 15 is 0 Å². The van der Waals surface area contributed by atoms with Crippen molar-refractivity contribution in [3.8, 4) is 0 Å². The summed E-state index contributed by atoms with van der Waals surface area (Å²) >= 11 is 0.688. The van der Waals surface area contributed by atoms with Gasteiger partial charge in [-0.15, -0.1) is 0 Å². The van der Waals surface area contributed by atoms with Crippen molar-refractivity contribution in [1.82, 2.24) is 15.0 Å². The van der Waals surface area contributed by atoms with Crippen molar-refractivity contribution >= 4 is 17.6 Å². The van der Waals surface area contributed by atoms with E-state index in [9.17, 15) is 18.0 Å². The van der Waals surface area contributed by atoms with E-state index in [1.807, 2.05) is 0 Å². The lowest BCUT2D eigenvalue weighted by Gasteiger charge is -2.10. The summed E-state index contributed by atoms with van der Waals surface area (Å²) in [5.41, 5.74) is 3.77. The third-order valence-electron chi connectivity index (χ3n) is 2.28. The number of nitrogens with one attached hydrogen (secondary N) is 2. The Bertz CT molecular complexity index is 743. The van der Waals surface area contributed by atoms with Crippen LogP contribution in [-0.4, -0.2) is 20.8 Å². The second-order valence-electron chi connectivity index (χ2n) is 3.80. The highest BCUT2D eigenvalue weighted by molar-refractivity contribution is 7.99. The van der Waals surface area contributed by atoms with Gasteiger partial charge in [0.05, 0.1) is 0 Å². The number of nitrogens with zero attached hydrogens (tertiary/aromatic N) is 2. The van der Waals surface area contributed by atoms with E-state index < -0.39 is 23.3 Å². The fourth-order valence-electron chi connectivity index (χ4n) is 1.38. The molecule has 0 atom stereocenters. The number of aromatic nitrogens is 3. The smallest absolute Gasteiger partial charge is 0.384 e. The molecule has 0 spiro atoms. The Morgan fingerprint density at radius 1 is 1.33 bits per heavy atom. The molecular weight excluding hydrogens is 307 g/mol. The minimum absolute atomic E-state index is 0.0273.